The average Bonchev–Trinajstić information content (AvgIpc) is 2.76. The number of aromatic nitrogens is 3. The van der Waals surface area contributed by atoms with E-state index in [1.165, 1.54) is 3.57 Å². The van der Waals surface area contributed by atoms with Gasteiger partial charge in [0.25, 0.3) is 0 Å². The summed E-state index contributed by atoms with van der Waals surface area (Å²) in [6, 6.07) is 8.34. The Morgan fingerprint density at radius 3 is 2.74 bits per heavy atom. The maximum absolute atomic E-state index is 4.68. The quantitative estimate of drug-likeness (QED) is 0.669. The summed E-state index contributed by atoms with van der Waals surface area (Å²) in [7, 11) is 0. The number of nitrogens with zero attached hydrogens (tertiary/aromatic N) is 4. The minimum absolute atomic E-state index is 0.953. The maximum atomic E-state index is 4.68. The molecule has 19 heavy (non-hydrogen) atoms. The molecular formula is C14H15IN4. The highest BCUT2D eigenvalue weighted by Crippen LogP contribution is 2.21. The molecule has 0 aliphatic carbocycles. The van der Waals surface area contributed by atoms with E-state index in [0.717, 1.165) is 35.6 Å². The summed E-state index contributed by atoms with van der Waals surface area (Å²) in [6.07, 6.45) is 1.87. The molecule has 2 aromatic heterocycles. The average molecular weight is 364 g/mol. The Bertz CT molecular complexity index is 731. The highest BCUT2D eigenvalue weighted by Gasteiger charge is 2.09. The Morgan fingerprint density at radius 1 is 1.21 bits per heavy atom. The minimum atomic E-state index is 0.953. The summed E-state index contributed by atoms with van der Waals surface area (Å²) < 4.78 is 3.24. The second kappa shape index (κ2) is 4.96. The van der Waals surface area contributed by atoms with Gasteiger partial charge in [0.2, 0.25) is 0 Å². The first-order valence-corrected chi connectivity index (χ1v) is 7.49. The van der Waals surface area contributed by atoms with Gasteiger partial charge in [-0.15, -0.1) is 0 Å². The van der Waals surface area contributed by atoms with E-state index in [2.05, 4.69) is 75.6 Å². The molecule has 2 heterocycles. The minimum Gasteiger partial charge on any atom is -0.357 e. The summed E-state index contributed by atoms with van der Waals surface area (Å²) in [6.45, 7) is 6.19. The molecule has 0 amide bonds. The summed E-state index contributed by atoms with van der Waals surface area (Å²) >= 11 is 2.31. The van der Waals surface area contributed by atoms with E-state index >= 15 is 0 Å². The summed E-state index contributed by atoms with van der Waals surface area (Å²) in [4.78, 5) is 11.4. The fraction of sp³-hybridized carbons (Fsp3) is 0.286. The maximum Gasteiger partial charge on any atom is 0.142 e. The van der Waals surface area contributed by atoms with Crippen LogP contribution in [0, 0.1) is 3.57 Å². The van der Waals surface area contributed by atoms with Crippen LogP contribution in [0.3, 0.4) is 0 Å². The number of hydrogen-bond acceptors (Lipinski definition) is 3. The molecule has 0 fully saturated rings. The van der Waals surface area contributed by atoms with Crippen LogP contribution < -0.4 is 4.90 Å². The third-order valence-corrected chi connectivity index (χ3v) is 4.00. The van der Waals surface area contributed by atoms with Crippen molar-refractivity contribution >= 4 is 45.1 Å². The largest absolute Gasteiger partial charge is 0.357 e. The third-order valence-electron chi connectivity index (χ3n) is 3.33. The first kappa shape index (κ1) is 12.7. The first-order valence-electron chi connectivity index (χ1n) is 6.41. The number of rotatable bonds is 3. The summed E-state index contributed by atoms with van der Waals surface area (Å²) in [5.74, 6) is 0.988. The van der Waals surface area contributed by atoms with Crippen molar-refractivity contribution in [2.45, 2.75) is 13.8 Å². The topological polar surface area (TPSA) is 33.4 Å². The predicted octanol–water partition coefficient (Wildman–Crippen LogP) is 3.33. The molecule has 0 unspecified atom stereocenters. The van der Waals surface area contributed by atoms with Crippen LogP contribution in [-0.2, 0) is 0 Å². The van der Waals surface area contributed by atoms with Crippen LogP contribution in [0.25, 0.3) is 16.7 Å². The lowest BCUT2D eigenvalue weighted by Crippen LogP contribution is -2.23. The SMILES string of the molecule is CCN(CC)c1cc2nc3cc([125I])ccc3n2cn1. The molecule has 1 aromatic carbocycles. The molecule has 0 aliphatic heterocycles. The number of benzene rings is 1. The second-order valence-electron chi connectivity index (χ2n) is 4.39. The van der Waals surface area contributed by atoms with Crippen LogP contribution in [0.2, 0.25) is 0 Å². The van der Waals surface area contributed by atoms with Gasteiger partial charge in [0.1, 0.15) is 17.8 Å². The Balaban J connectivity index is 2.21. The van der Waals surface area contributed by atoms with Crippen molar-refractivity contribution in [2.75, 3.05) is 18.0 Å². The van der Waals surface area contributed by atoms with E-state index in [1.54, 1.807) is 0 Å². The van der Waals surface area contributed by atoms with Gasteiger partial charge in [0, 0.05) is 22.7 Å². The molecule has 0 atom stereocenters. The summed E-state index contributed by atoms with van der Waals surface area (Å²) in [5.41, 5.74) is 3.08. The highest BCUT2D eigenvalue weighted by molar-refractivity contribution is 14.1. The monoisotopic (exact) mass is 364 g/mol. The third kappa shape index (κ3) is 2.16. The van der Waals surface area contributed by atoms with Crippen molar-refractivity contribution in [3.05, 3.63) is 34.2 Å². The van der Waals surface area contributed by atoms with Crippen LogP contribution in [0.15, 0.2) is 30.6 Å². The van der Waals surface area contributed by atoms with Crippen molar-refractivity contribution in [2.24, 2.45) is 0 Å². The molecule has 0 aliphatic rings. The van der Waals surface area contributed by atoms with Crippen LogP contribution in [0.1, 0.15) is 13.8 Å². The second-order valence-corrected chi connectivity index (χ2v) is 5.64. The van der Waals surface area contributed by atoms with Gasteiger partial charge in [-0.2, -0.15) is 0 Å². The van der Waals surface area contributed by atoms with Gasteiger partial charge in [-0.1, -0.05) is 0 Å². The molecule has 0 saturated heterocycles. The lowest BCUT2D eigenvalue weighted by atomic mass is 10.3. The molecule has 3 aromatic rings. The fourth-order valence-electron chi connectivity index (χ4n) is 2.30. The lowest BCUT2D eigenvalue weighted by molar-refractivity contribution is 0.841. The number of halogens is 1. The van der Waals surface area contributed by atoms with E-state index in [9.17, 15) is 0 Å². The van der Waals surface area contributed by atoms with E-state index in [0.29, 0.717) is 0 Å². The van der Waals surface area contributed by atoms with Gasteiger partial charge in [0.05, 0.1) is 11.0 Å². The van der Waals surface area contributed by atoms with Crippen molar-refractivity contribution in [1.82, 2.24) is 14.4 Å². The molecule has 0 N–H and O–H groups in total. The van der Waals surface area contributed by atoms with Crippen molar-refractivity contribution in [1.29, 1.82) is 0 Å². The molecule has 98 valence electrons. The smallest absolute Gasteiger partial charge is 0.142 e. The van der Waals surface area contributed by atoms with Crippen LogP contribution in [0.5, 0.6) is 0 Å². The van der Waals surface area contributed by atoms with Gasteiger partial charge in [-0.3, -0.25) is 4.40 Å². The Morgan fingerprint density at radius 2 is 2.00 bits per heavy atom. The standard InChI is InChI=1S/C14H15IN4/c1-3-18(4-2)13-8-14-17-11-7-10(15)5-6-12(11)19(14)9-16-13/h5-9H,3-4H2,1-2H3/i15-2. The molecule has 0 spiro atoms. The number of fused-ring (bicyclic) bond motifs is 3. The molecular weight excluding hydrogens is 349 g/mol. The van der Waals surface area contributed by atoms with Gasteiger partial charge in [-0.05, 0) is 54.6 Å². The Labute approximate surface area is 125 Å². The highest BCUT2D eigenvalue weighted by atomic mass is 125. The molecule has 3 rings (SSSR count). The van der Waals surface area contributed by atoms with Crippen LogP contribution in [-0.4, -0.2) is 27.5 Å². The van der Waals surface area contributed by atoms with Gasteiger partial charge in [-0.25, -0.2) is 9.97 Å². The number of hydrogen-bond donors (Lipinski definition) is 0. The zero-order chi connectivity index (χ0) is 13.4. The number of anilines is 1. The zero-order valence-corrected chi connectivity index (χ0v) is 13.1. The van der Waals surface area contributed by atoms with E-state index < -0.39 is 0 Å². The zero-order valence-electron chi connectivity index (χ0n) is 11.0. The lowest BCUT2D eigenvalue weighted by Gasteiger charge is -2.19. The fourth-order valence-corrected chi connectivity index (χ4v) is 2.78. The molecule has 5 heteroatoms. The van der Waals surface area contributed by atoms with Crippen molar-refractivity contribution in [3.8, 4) is 0 Å². The first-order chi connectivity index (χ1) is 9.22. The van der Waals surface area contributed by atoms with E-state index in [-0.39, 0.29) is 0 Å². The van der Waals surface area contributed by atoms with E-state index in [1.807, 2.05) is 10.7 Å². The van der Waals surface area contributed by atoms with Gasteiger partial charge < -0.3 is 4.90 Å². The molecule has 0 bridgehead atoms. The summed E-state index contributed by atoms with van der Waals surface area (Å²) in [5, 5.41) is 0. The van der Waals surface area contributed by atoms with Crippen molar-refractivity contribution < 1.29 is 0 Å². The normalized spacial score (nSPS) is 11.3. The van der Waals surface area contributed by atoms with Gasteiger partial charge in [0.15, 0.2) is 0 Å². The molecule has 4 nitrogen and oxygen atoms in total. The van der Waals surface area contributed by atoms with Gasteiger partial charge >= 0.3 is 0 Å². The van der Waals surface area contributed by atoms with Crippen LogP contribution in [0.4, 0.5) is 5.82 Å². The molecule has 0 radical (unpaired) electrons. The van der Waals surface area contributed by atoms with Crippen molar-refractivity contribution in [3.63, 3.8) is 0 Å². The Hall–Kier alpha value is -1.37. The predicted molar refractivity (Wildman–Crippen MR) is 86.8 cm³/mol. The molecule has 0 saturated carbocycles. The Kier molecular flexibility index (Phi) is 3.30. The van der Waals surface area contributed by atoms with E-state index in [4.69, 9.17) is 0 Å². The number of imidazole rings is 1. The van der Waals surface area contributed by atoms with Crippen LogP contribution >= 0.6 is 22.6 Å².